The Morgan fingerprint density at radius 3 is 0.880 bits per heavy atom. The molecule has 0 N–H and O–H groups in total. The van der Waals surface area contributed by atoms with Crippen molar-refractivity contribution in [1.29, 1.82) is 0 Å². The summed E-state index contributed by atoms with van der Waals surface area (Å²) in [7, 11) is 0. The van der Waals surface area contributed by atoms with Crippen LogP contribution < -0.4 is 173 Å². The number of hydrogen-bond acceptors (Lipinski definition) is 10. The van der Waals surface area contributed by atoms with Gasteiger partial charge in [-0.3, -0.25) is 0 Å². The van der Waals surface area contributed by atoms with Gasteiger partial charge in [-0.1, -0.05) is 0 Å². The van der Waals surface area contributed by atoms with Crippen molar-refractivity contribution in [2.75, 3.05) is 0 Å². The minimum Gasteiger partial charge on any atom is -0.550 e. The molecule has 0 spiro atoms. The molecule has 0 radical (unpaired) electrons. The van der Waals surface area contributed by atoms with Crippen LogP contribution in [0.25, 0.3) is 0 Å². The molecule has 1 aliphatic carbocycles. The van der Waals surface area contributed by atoms with Gasteiger partial charge >= 0.3 is 148 Å². The zero-order valence-corrected chi connectivity index (χ0v) is 24.6. The number of rotatable bonds is 5. The molecule has 0 unspecified atom stereocenters. The van der Waals surface area contributed by atoms with Gasteiger partial charge < -0.3 is 49.5 Å². The molecule has 1 aliphatic rings. The van der Waals surface area contributed by atoms with Gasteiger partial charge in [-0.15, -0.1) is 0 Å². The minimum absolute atomic E-state index is 0. The number of hydrogen-bond donors (Lipinski definition) is 0. The molecule has 0 saturated heterocycles. The molecule has 0 heterocycles. The van der Waals surface area contributed by atoms with Crippen molar-refractivity contribution in [2.45, 2.75) is 12.8 Å². The van der Waals surface area contributed by atoms with Gasteiger partial charge in [-0.2, -0.15) is 0 Å². The number of aliphatic carboxylic acids is 5. The van der Waals surface area contributed by atoms with Gasteiger partial charge in [0.15, 0.2) is 0 Å². The predicted octanol–water partition coefficient (Wildman–Crippen LogP) is -22.9. The van der Waals surface area contributed by atoms with Gasteiger partial charge in [0.05, 0.1) is 34.7 Å². The number of carboxylic acids is 5. The van der Waals surface area contributed by atoms with Crippen molar-refractivity contribution in [2.24, 2.45) is 16.7 Å². The maximum Gasteiger partial charge on any atom is 1.00 e. The first-order valence-corrected chi connectivity index (χ1v) is 5.10. The first-order chi connectivity index (χ1) is 9.04. The van der Waals surface area contributed by atoms with E-state index in [0.717, 1.165) is 0 Å². The normalized spacial score (nSPS) is 16.2. The zero-order valence-electron chi connectivity index (χ0n) is 14.6. The summed E-state index contributed by atoms with van der Waals surface area (Å²) in [6.07, 6.45) is -2.77. The van der Waals surface area contributed by atoms with E-state index in [1.54, 1.807) is 0 Å². The van der Waals surface area contributed by atoms with Crippen molar-refractivity contribution in [1.82, 2.24) is 0 Å². The van der Waals surface area contributed by atoms with Gasteiger partial charge in [-0.05, 0) is 12.8 Å². The van der Waals surface area contributed by atoms with E-state index >= 15 is 0 Å². The molecule has 0 aromatic carbocycles. The molecule has 1 fully saturated rings. The van der Waals surface area contributed by atoms with E-state index in [0.29, 0.717) is 0 Å². The van der Waals surface area contributed by atoms with Crippen LogP contribution in [0.5, 0.6) is 0 Å². The third kappa shape index (κ3) is 6.42. The second kappa shape index (κ2) is 14.4. The summed E-state index contributed by atoms with van der Waals surface area (Å²) >= 11 is 0. The molecule has 0 bridgehead atoms. The Morgan fingerprint density at radius 1 is 0.560 bits per heavy atom. The van der Waals surface area contributed by atoms with Crippen LogP contribution in [0.3, 0.4) is 0 Å². The average molecular weight is 400 g/mol. The van der Waals surface area contributed by atoms with Gasteiger partial charge in [0.1, 0.15) is 0 Å². The maximum atomic E-state index is 11.0. The summed E-state index contributed by atoms with van der Waals surface area (Å²) in [5, 5.41) is 54.8. The molecular formula is C10H5Na5O10. The molecule has 1 rings (SSSR count). The Morgan fingerprint density at radius 2 is 0.760 bits per heavy atom. The van der Waals surface area contributed by atoms with Crippen LogP contribution in [-0.2, 0) is 24.0 Å². The molecule has 110 valence electrons. The molecule has 25 heavy (non-hydrogen) atoms. The van der Waals surface area contributed by atoms with Crippen LogP contribution >= 0.6 is 0 Å². The number of carbonyl (C=O) groups is 5. The molecule has 0 atom stereocenters. The first kappa shape index (κ1) is 38.0. The summed E-state index contributed by atoms with van der Waals surface area (Å²) in [6, 6.07) is 0. The SMILES string of the molecule is O=C([O-])C1CC(C(=O)[O-])(C(=O)[O-])C(C(=O)[O-])(C(=O)[O-])C1.[Na+].[Na+].[Na+].[Na+].[Na+]. The fraction of sp³-hybridized carbons (Fsp3) is 0.500. The van der Waals surface area contributed by atoms with E-state index in [1.165, 1.54) is 0 Å². The standard InChI is InChI=1S/C10H10O10.5Na/c11-4(12)3-1-9(5(13)14,6(15)16)10(2-3,7(17)18)8(19)20;;;;;/h3H,1-2H2,(H,11,12)(H,13,14)(H,15,16)(H,17,18)(H,19,20);;;;;/q;5*+1/p-5. The summed E-state index contributed by atoms with van der Waals surface area (Å²) in [6.45, 7) is 0. The fourth-order valence-electron chi connectivity index (χ4n) is 2.52. The van der Waals surface area contributed by atoms with Crippen molar-refractivity contribution < 1.29 is 197 Å². The van der Waals surface area contributed by atoms with Crippen LogP contribution in [0.2, 0.25) is 0 Å². The smallest absolute Gasteiger partial charge is 0.550 e. The average Bonchev–Trinajstić information content (AvgIpc) is 2.66. The second-order valence-electron chi connectivity index (χ2n) is 4.38. The third-order valence-corrected chi connectivity index (χ3v) is 3.56. The van der Waals surface area contributed by atoms with Crippen LogP contribution in [0, 0.1) is 16.7 Å². The number of carboxylic acid groups (broad SMARTS) is 5. The molecule has 0 aliphatic heterocycles. The molecule has 10 nitrogen and oxygen atoms in total. The quantitative estimate of drug-likeness (QED) is 0.315. The summed E-state index contributed by atoms with van der Waals surface area (Å²) < 4.78 is 0. The Bertz CT molecular complexity index is 468. The Hall–Kier alpha value is 2.35. The van der Waals surface area contributed by atoms with Crippen molar-refractivity contribution in [3.63, 3.8) is 0 Å². The molecule has 15 heteroatoms. The van der Waals surface area contributed by atoms with Gasteiger partial charge in [0, 0.05) is 11.9 Å². The second-order valence-corrected chi connectivity index (χ2v) is 4.38. The van der Waals surface area contributed by atoms with E-state index in [2.05, 4.69) is 0 Å². The molecule has 0 aromatic heterocycles. The Balaban J connectivity index is -0.000000267. The van der Waals surface area contributed by atoms with Crippen molar-refractivity contribution in [3.8, 4) is 0 Å². The van der Waals surface area contributed by atoms with Crippen LogP contribution in [0.4, 0.5) is 0 Å². The van der Waals surface area contributed by atoms with E-state index < -0.39 is 59.4 Å². The molecule has 0 amide bonds. The molecular weight excluding hydrogens is 395 g/mol. The van der Waals surface area contributed by atoms with Crippen LogP contribution in [-0.4, -0.2) is 29.8 Å². The summed E-state index contributed by atoms with van der Waals surface area (Å²) in [4.78, 5) is 54.8. The molecule has 0 aromatic rings. The first-order valence-electron chi connectivity index (χ1n) is 5.10. The van der Waals surface area contributed by atoms with E-state index in [4.69, 9.17) is 0 Å². The fourth-order valence-corrected chi connectivity index (χ4v) is 2.52. The topological polar surface area (TPSA) is 201 Å². The van der Waals surface area contributed by atoms with Crippen LogP contribution in [0.15, 0.2) is 0 Å². The minimum atomic E-state index is -3.63. The van der Waals surface area contributed by atoms with Gasteiger partial charge in [0.25, 0.3) is 0 Å². The monoisotopic (exact) mass is 400 g/mol. The van der Waals surface area contributed by atoms with Crippen molar-refractivity contribution >= 4 is 29.8 Å². The van der Waals surface area contributed by atoms with Gasteiger partial charge in [0.2, 0.25) is 0 Å². The number of carbonyl (C=O) groups excluding carboxylic acids is 5. The van der Waals surface area contributed by atoms with E-state index in [9.17, 15) is 49.5 Å². The third-order valence-electron chi connectivity index (χ3n) is 3.56. The maximum absolute atomic E-state index is 11.0. The Labute approximate surface area is 252 Å². The van der Waals surface area contributed by atoms with E-state index in [1.807, 2.05) is 0 Å². The van der Waals surface area contributed by atoms with Crippen molar-refractivity contribution in [3.05, 3.63) is 0 Å². The summed E-state index contributed by atoms with van der Waals surface area (Å²) in [5.74, 6) is -14.4. The largest absolute Gasteiger partial charge is 1.00 e. The van der Waals surface area contributed by atoms with Crippen LogP contribution in [0.1, 0.15) is 12.8 Å². The summed E-state index contributed by atoms with van der Waals surface area (Å²) in [5.41, 5.74) is -7.26. The Kier molecular flexibility index (Phi) is 21.8. The van der Waals surface area contributed by atoms with E-state index in [-0.39, 0.29) is 148 Å². The molecule has 1 saturated carbocycles. The van der Waals surface area contributed by atoms with Gasteiger partial charge in [-0.25, -0.2) is 0 Å². The predicted molar refractivity (Wildman–Crippen MR) is 42.6 cm³/mol. The zero-order chi connectivity index (χ0) is 15.9.